The minimum Gasteiger partial charge on any atom is -0.507 e. The Bertz CT molecular complexity index is 1210. The highest BCUT2D eigenvalue weighted by atomic mass is 32.1. The Kier molecular flexibility index (Phi) is 5.71. The minimum atomic E-state index is -0.931. The van der Waals surface area contributed by atoms with Gasteiger partial charge in [-0.15, -0.1) is 11.3 Å². The van der Waals surface area contributed by atoms with Gasteiger partial charge < -0.3 is 14.9 Å². The van der Waals surface area contributed by atoms with Crippen LogP contribution in [0.15, 0.2) is 54.1 Å². The maximum absolute atomic E-state index is 13.2. The number of aryl methyl sites for hydroxylation is 2. The Morgan fingerprint density at radius 3 is 2.50 bits per heavy atom. The molecule has 1 amide bonds. The first kappa shape index (κ1) is 21.6. The van der Waals surface area contributed by atoms with Crippen molar-refractivity contribution >= 4 is 33.9 Å². The van der Waals surface area contributed by atoms with Gasteiger partial charge in [0.25, 0.3) is 5.78 Å². The van der Waals surface area contributed by atoms with Crippen molar-refractivity contribution in [3.63, 3.8) is 0 Å². The van der Waals surface area contributed by atoms with Crippen LogP contribution < -0.4 is 9.64 Å². The minimum absolute atomic E-state index is 0.0418. The summed E-state index contributed by atoms with van der Waals surface area (Å²) in [4.78, 5) is 33.0. The summed E-state index contributed by atoms with van der Waals surface area (Å²) in [7, 11) is 0. The summed E-state index contributed by atoms with van der Waals surface area (Å²) in [5, 5.41) is 21.6. The Balaban J connectivity index is 1.96. The monoisotopic (exact) mass is 450 g/mol. The van der Waals surface area contributed by atoms with Crippen LogP contribution in [0.4, 0.5) is 5.13 Å². The van der Waals surface area contributed by atoms with E-state index in [-0.39, 0.29) is 22.8 Å². The van der Waals surface area contributed by atoms with E-state index in [2.05, 4.69) is 4.98 Å². The number of aromatic nitrogens is 1. The summed E-state index contributed by atoms with van der Waals surface area (Å²) < 4.78 is 5.51. The second-order valence-electron chi connectivity index (χ2n) is 7.33. The van der Waals surface area contributed by atoms with E-state index in [1.54, 1.807) is 49.4 Å². The van der Waals surface area contributed by atoms with Crippen LogP contribution >= 0.6 is 11.3 Å². The van der Waals surface area contributed by atoms with Crippen LogP contribution in [0.25, 0.3) is 5.76 Å². The number of nitrogens with zero attached hydrogens (tertiary/aromatic N) is 2. The molecule has 2 heterocycles. The quantitative estimate of drug-likeness (QED) is 0.338. The summed E-state index contributed by atoms with van der Waals surface area (Å²) in [6, 6.07) is 12.3. The molecule has 0 saturated carbocycles. The standard InChI is InChI=1S/C24H22N2O5S/c1-4-31-18-12-16(10-11-17(18)27)20-19(21(28)15-8-6-5-7-9-15)22(29)23(30)26(20)24-25-13(2)14(3)32-24/h5-12,20,27-28H,4H2,1-3H3. The number of benzene rings is 2. The van der Waals surface area contributed by atoms with E-state index >= 15 is 0 Å². The zero-order valence-corrected chi connectivity index (χ0v) is 18.6. The van der Waals surface area contributed by atoms with Gasteiger partial charge in [-0.2, -0.15) is 0 Å². The van der Waals surface area contributed by atoms with Crippen LogP contribution in [0, 0.1) is 13.8 Å². The normalized spacial score (nSPS) is 17.7. The summed E-state index contributed by atoms with van der Waals surface area (Å²) in [6.07, 6.45) is 0. The summed E-state index contributed by atoms with van der Waals surface area (Å²) in [5.74, 6) is -1.68. The molecule has 1 fully saturated rings. The Morgan fingerprint density at radius 2 is 1.88 bits per heavy atom. The molecule has 1 unspecified atom stereocenters. The first-order valence-electron chi connectivity index (χ1n) is 10.1. The van der Waals surface area contributed by atoms with E-state index in [0.29, 0.717) is 22.9 Å². The van der Waals surface area contributed by atoms with Crippen LogP contribution in [-0.2, 0) is 9.59 Å². The molecular weight excluding hydrogens is 428 g/mol. The molecule has 0 radical (unpaired) electrons. The average Bonchev–Trinajstić information content (AvgIpc) is 3.25. The van der Waals surface area contributed by atoms with E-state index in [4.69, 9.17) is 4.74 Å². The molecule has 1 aliphatic rings. The second-order valence-corrected chi connectivity index (χ2v) is 8.51. The molecule has 0 aliphatic carbocycles. The highest BCUT2D eigenvalue weighted by Gasteiger charge is 2.48. The number of aliphatic hydroxyl groups excluding tert-OH is 1. The molecule has 0 bridgehead atoms. The molecule has 1 saturated heterocycles. The summed E-state index contributed by atoms with van der Waals surface area (Å²) in [6.45, 7) is 5.83. The van der Waals surface area contributed by atoms with Crippen molar-refractivity contribution in [1.82, 2.24) is 4.98 Å². The Hall–Kier alpha value is -3.65. The molecule has 1 aromatic heterocycles. The van der Waals surface area contributed by atoms with Gasteiger partial charge in [0.05, 0.1) is 23.9 Å². The number of carbonyl (C=O) groups excluding carboxylic acids is 2. The third kappa shape index (κ3) is 3.62. The van der Waals surface area contributed by atoms with Crippen molar-refractivity contribution in [2.24, 2.45) is 0 Å². The van der Waals surface area contributed by atoms with Crippen molar-refractivity contribution < 1.29 is 24.5 Å². The van der Waals surface area contributed by atoms with Gasteiger partial charge in [-0.3, -0.25) is 14.5 Å². The van der Waals surface area contributed by atoms with E-state index in [9.17, 15) is 19.8 Å². The summed E-state index contributed by atoms with van der Waals surface area (Å²) in [5.41, 5.74) is 1.65. The second kappa shape index (κ2) is 8.47. The molecular formula is C24H22N2O5S. The molecule has 0 spiro atoms. The fourth-order valence-corrected chi connectivity index (χ4v) is 4.56. The van der Waals surface area contributed by atoms with Crippen LogP contribution in [0.2, 0.25) is 0 Å². The highest BCUT2D eigenvalue weighted by molar-refractivity contribution is 7.16. The number of anilines is 1. The molecule has 7 nitrogen and oxygen atoms in total. The van der Waals surface area contributed by atoms with Gasteiger partial charge in [-0.25, -0.2) is 4.98 Å². The maximum Gasteiger partial charge on any atom is 0.301 e. The van der Waals surface area contributed by atoms with Gasteiger partial charge in [0.2, 0.25) is 0 Å². The van der Waals surface area contributed by atoms with E-state index in [1.807, 2.05) is 13.8 Å². The summed E-state index contributed by atoms with van der Waals surface area (Å²) >= 11 is 1.30. The van der Waals surface area contributed by atoms with Crippen LogP contribution in [0.5, 0.6) is 11.5 Å². The average molecular weight is 451 g/mol. The fraction of sp³-hybridized carbons (Fsp3) is 0.208. The Labute approximate surface area is 189 Å². The van der Waals surface area contributed by atoms with Gasteiger partial charge in [0, 0.05) is 10.4 Å². The van der Waals surface area contributed by atoms with Gasteiger partial charge in [-0.1, -0.05) is 36.4 Å². The number of ether oxygens (including phenoxy) is 1. The number of Topliss-reactive ketones (excluding diaryl/α,β-unsaturated/α-hetero) is 1. The van der Waals surface area contributed by atoms with Crippen molar-refractivity contribution in [3.8, 4) is 11.5 Å². The van der Waals surface area contributed by atoms with Gasteiger partial charge in [-0.05, 0) is 38.5 Å². The third-order valence-electron chi connectivity index (χ3n) is 5.31. The largest absolute Gasteiger partial charge is 0.507 e. The number of hydrogen-bond acceptors (Lipinski definition) is 7. The number of thiazole rings is 1. The van der Waals surface area contributed by atoms with E-state index in [0.717, 1.165) is 10.6 Å². The number of aliphatic hydroxyl groups is 1. The highest BCUT2D eigenvalue weighted by Crippen LogP contribution is 2.45. The van der Waals surface area contributed by atoms with E-state index in [1.165, 1.54) is 22.3 Å². The zero-order valence-electron chi connectivity index (χ0n) is 17.8. The lowest BCUT2D eigenvalue weighted by Crippen LogP contribution is -2.29. The molecule has 32 heavy (non-hydrogen) atoms. The lowest BCUT2D eigenvalue weighted by molar-refractivity contribution is -0.132. The number of phenolic OH excluding ortho intramolecular Hbond substituents is 1. The predicted octanol–water partition coefficient (Wildman–Crippen LogP) is 4.49. The number of carbonyl (C=O) groups is 2. The van der Waals surface area contributed by atoms with Crippen molar-refractivity contribution in [3.05, 3.63) is 75.8 Å². The first-order chi connectivity index (χ1) is 15.3. The lowest BCUT2D eigenvalue weighted by Gasteiger charge is -2.23. The molecule has 4 rings (SSSR count). The van der Waals surface area contributed by atoms with E-state index < -0.39 is 17.7 Å². The molecule has 1 atom stereocenters. The number of ketones is 1. The van der Waals surface area contributed by atoms with Gasteiger partial charge in [0.1, 0.15) is 5.76 Å². The van der Waals surface area contributed by atoms with Crippen LogP contribution in [0.1, 0.15) is 34.7 Å². The van der Waals surface area contributed by atoms with Crippen molar-refractivity contribution in [2.75, 3.05) is 11.5 Å². The smallest absolute Gasteiger partial charge is 0.301 e. The van der Waals surface area contributed by atoms with Crippen LogP contribution in [0.3, 0.4) is 0 Å². The topological polar surface area (TPSA) is 100.0 Å². The Morgan fingerprint density at radius 1 is 1.16 bits per heavy atom. The number of hydrogen-bond donors (Lipinski definition) is 2. The third-order valence-corrected chi connectivity index (χ3v) is 6.39. The van der Waals surface area contributed by atoms with Crippen molar-refractivity contribution in [2.45, 2.75) is 26.8 Å². The first-order valence-corrected chi connectivity index (χ1v) is 10.9. The van der Waals surface area contributed by atoms with Gasteiger partial charge in [0.15, 0.2) is 16.6 Å². The fourth-order valence-electron chi connectivity index (χ4n) is 3.63. The maximum atomic E-state index is 13.2. The van der Waals surface area contributed by atoms with Crippen molar-refractivity contribution in [1.29, 1.82) is 0 Å². The van der Waals surface area contributed by atoms with Crippen LogP contribution in [-0.4, -0.2) is 33.5 Å². The lowest BCUT2D eigenvalue weighted by atomic mass is 9.95. The predicted molar refractivity (Wildman–Crippen MR) is 122 cm³/mol. The molecule has 8 heteroatoms. The molecule has 2 N–H and O–H groups in total. The zero-order chi connectivity index (χ0) is 23.0. The SMILES string of the molecule is CCOc1cc(C2C(=C(O)c3ccccc3)C(=O)C(=O)N2c2nc(C)c(C)s2)ccc1O. The number of aromatic hydroxyl groups is 1. The molecule has 164 valence electrons. The van der Waals surface area contributed by atoms with Gasteiger partial charge >= 0.3 is 5.91 Å². The molecule has 3 aromatic rings. The molecule has 2 aromatic carbocycles. The number of amides is 1. The number of rotatable bonds is 5. The number of phenols is 1. The molecule has 1 aliphatic heterocycles.